The van der Waals surface area contributed by atoms with Gasteiger partial charge in [-0.25, -0.2) is 4.79 Å². The lowest BCUT2D eigenvalue weighted by atomic mass is 10.1. The molecule has 0 fully saturated rings. The normalized spacial score (nSPS) is 14.2. The number of carbonyl (C=O) groups is 1. The summed E-state index contributed by atoms with van der Waals surface area (Å²) >= 11 is 0. The second-order valence-corrected chi connectivity index (χ2v) is 5.58. The topological polar surface area (TPSA) is 58.6 Å². The second-order valence-electron chi connectivity index (χ2n) is 5.58. The molecule has 1 amide bonds. The number of fused-ring (bicyclic) bond motifs is 1. The molecule has 0 heterocycles. The van der Waals surface area contributed by atoms with Gasteiger partial charge in [-0.2, -0.15) is 0 Å². The number of ether oxygens (including phenoxy) is 1. The summed E-state index contributed by atoms with van der Waals surface area (Å²) < 4.78 is 5.15. The zero-order valence-corrected chi connectivity index (χ0v) is 11.0. The van der Waals surface area contributed by atoms with Crippen molar-refractivity contribution in [3.63, 3.8) is 0 Å². The smallest absolute Gasteiger partial charge is 0.412 e. The number of phenolic OH excluding ortho intramolecular Hbond substituents is 1. The maximum Gasteiger partial charge on any atom is 0.412 e. The van der Waals surface area contributed by atoms with Crippen LogP contribution in [0.4, 0.5) is 10.5 Å². The highest BCUT2D eigenvalue weighted by Crippen LogP contribution is 2.35. The molecule has 0 aliphatic heterocycles. The Labute approximate surface area is 107 Å². The molecule has 0 unspecified atom stereocenters. The van der Waals surface area contributed by atoms with Crippen LogP contribution in [0.15, 0.2) is 12.1 Å². The molecule has 4 nitrogen and oxygen atoms in total. The van der Waals surface area contributed by atoms with E-state index in [0.717, 1.165) is 24.8 Å². The number of aryl methyl sites for hydroxylation is 1. The number of rotatable bonds is 1. The number of benzene rings is 1. The van der Waals surface area contributed by atoms with Gasteiger partial charge >= 0.3 is 6.09 Å². The van der Waals surface area contributed by atoms with Crippen molar-refractivity contribution in [1.29, 1.82) is 0 Å². The average molecular weight is 249 g/mol. The highest BCUT2D eigenvalue weighted by atomic mass is 16.6. The SMILES string of the molecule is CC(C)(C)OC(=O)Nc1ccc2c(c1O)CCC2. The van der Waals surface area contributed by atoms with Crippen molar-refractivity contribution < 1.29 is 14.6 Å². The molecule has 18 heavy (non-hydrogen) atoms. The van der Waals surface area contributed by atoms with Crippen LogP contribution in [-0.2, 0) is 17.6 Å². The molecule has 2 N–H and O–H groups in total. The molecular weight excluding hydrogens is 230 g/mol. The standard InChI is InChI=1S/C14H19NO3/c1-14(2,3)18-13(17)15-11-8-7-9-5-4-6-10(9)12(11)16/h7-8,16H,4-6H2,1-3H3,(H,15,17). The van der Waals surface area contributed by atoms with Crippen LogP contribution < -0.4 is 5.32 Å². The zero-order valence-electron chi connectivity index (χ0n) is 11.0. The number of carbonyl (C=O) groups excluding carboxylic acids is 1. The number of hydrogen-bond acceptors (Lipinski definition) is 3. The Hall–Kier alpha value is -1.71. The summed E-state index contributed by atoms with van der Waals surface area (Å²) in [6.07, 6.45) is 2.37. The summed E-state index contributed by atoms with van der Waals surface area (Å²) in [5.74, 6) is 0.177. The van der Waals surface area contributed by atoms with Crippen molar-refractivity contribution in [2.24, 2.45) is 0 Å². The molecule has 0 atom stereocenters. The van der Waals surface area contributed by atoms with Crippen LogP contribution in [0.25, 0.3) is 0 Å². The lowest BCUT2D eigenvalue weighted by Crippen LogP contribution is -2.27. The highest BCUT2D eigenvalue weighted by Gasteiger charge is 2.20. The molecule has 0 spiro atoms. The predicted molar refractivity (Wildman–Crippen MR) is 70.0 cm³/mol. The number of anilines is 1. The van der Waals surface area contributed by atoms with Crippen molar-refractivity contribution in [2.45, 2.75) is 45.6 Å². The summed E-state index contributed by atoms with van der Waals surface area (Å²) in [4.78, 5) is 11.6. The van der Waals surface area contributed by atoms with Crippen LogP contribution in [0, 0.1) is 0 Å². The van der Waals surface area contributed by atoms with E-state index in [-0.39, 0.29) is 5.75 Å². The van der Waals surface area contributed by atoms with E-state index in [4.69, 9.17) is 4.74 Å². The van der Waals surface area contributed by atoms with Crippen molar-refractivity contribution in [3.8, 4) is 5.75 Å². The van der Waals surface area contributed by atoms with Gasteiger partial charge in [-0.3, -0.25) is 5.32 Å². The monoisotopic (exact) mass is 249 g/mol. The van der Waals surface area contributed by atoms with E-state index in [1.54, 1.807) is 26.8 Å². The minimum atomic E-state index is -0.546. The lowest BCUT2D eigenvalue weighted by molar-refractivity contribution is 0.0635. The van der Waals surface area contributed by atoms with Gasteiger partial charge in [0, 0.05) is 0 Å². The van der Waals surface area contributed by atoms with Gasteiger partial charge in [0.15, 0.2) is 0 Å². The number of amides is 1. The minimum Gasteiger partial charge on any atom is -0.505 e. The summed E-state index contributed by atoms with van der Waals surface area (Å²) in [5, 5.41) is 12.7. The molecule has 1 aliphatic rings. The van der Waals surface area contributed by atoms with E-state index in [1.165, 1.54) is 5.56 Å². The fourth-order valence-corrected chi connectivity index (χ4v) is 2.16. The molecule has 0 aromatic heterocycles. The van der Waals surface area contributed by atoms with Gasteiger partial charge in [0.05, 0.1) is 5.69 Å². The van der Waals surface area contributed by atoms with E-state index < -0.39 is 11.7 Å². The molecule has 0 bridgehead atoms. The summed E-state index contributed by atoms with van der Waals surface area (Å²) in [7, 11) is 0. The maximum absolute atomic E-state index is 11.6. The largest absolute Gasteiger partial charge is 0.505 e. The van der Waals surface area contributed by atoms with Gasteiger partial charge in [0.2, 0.25) is 0 Å². The third kappa shape index (κ3) is 2.75. The Morgan fingerprint density at radius 1 is 1.33 bits per heavy atom. The average Bonchev–Trinajstić information content (AvgIpc) is 2.68. The zero-order chi connectivity index (χ0) is 13.3. The molecule has 98 valence electrons. The first-order valence-electron chi connectivity index (χ1n) is 6.20. The number of hydrogen-bond donors (Lipinski definition) is 2. The molecule has 2 rings (SSSR count). The molecule has 1 aliphatic carbocycles. The fourth-order valence-electron chi connectivity index (χ4n) is 2.16. The molecule has 0 saturated heterocycles. The number of phenols is 1. The second kappa shape index (κ2) is 4.52. The van der Waals surface area contributed by atoms with Gasteiger partial charge in [0.1, 0.15) is 11.4 Å². The van der Waals surface area contributed by atoms with Crippen molar-refractivity contribution in [3.05, 3.63) is 23.3 Å². The predicted octanol–water partition coefficient (Wildman–Crippen LogP) is 3.23. The highest BCUT2D eigenvalue weighted by molar-refractivity contribution is 5.87. The third-order valence-electron chi connectivity index (χ3n) is 2.89. The van der Waals surface area contributed by atoms with Crippen LogP contribution in [0.3, 0.4) is 0 Å². The molecule has 0 radical (unpaired) electrons. The Balaban J connectivity index is 2.13. The first-order valence-corrected chi connectivity index (χ1v) is 6.20. The summed E-state index contributed by atoms with van der Waals surface area (Å²) in [6, 6.07) is 3.68. The van der Waals surface area contributed by atoms with E-state index in [2.05, 4.69) is 5.32 Å². The van der Waals surface area contributed by atoms with Gasteiger partial charge in [-0.05, 0) is 57.2 Å². The summed E-state index contributed by atoms with van der Waals surface area (Å²) in [6.45, 7) is 5.40. The van der Waals surface area contributed by atoms with Crippen LogP contribution in [0.5, 0.6) is 5.75 Å². The molecule has 1 aromatic rings. The van der Waals surface area contributed by atoms with Crippen LogP contribution >= 0.6 is 0 Å². The van der Waals surface area contributed by atoms with Crippen LogP contribution in [-0.4, -0.2) is 16.8 Å². The van der Waals surface area contributed by atoms with E-state index >= 15 is 0 Å². The van der Waals surface area contributed by atoms with E-state index in [9.17, 15) is 9.90 Å². The molecular formula is C14H19NO3. The van der Waals surface area contributed by atoms with Crippen LogP contribution in [0.1, 0.15) is 38.3 Å². The number of aromatic hydroxyl groups is 1. The number of nitrogens with one attached hydrogen (secondary N) is 1. The Bertz CT molecular complexity index is 475. The maximum atomic E-state index is 11.6. The Morgan fingerprint density at radius 2 is 2.06 bits per heavy atom. The fraction of sp³-hybridized carbons (Fsp3) is 0.500. The van der Waals surface area contributed by atoms with Gasteiger partial charge in [0.25, 0.3) is 0 Å². The third-order valence-corrected chi connectivity index (χ3v) is 2.89. The van der Waals surface area contributed by atoms with Crippen molar-refractivity contribution in [2.75, 3.05) is 5.32 Å². The Morgan fingerprint density at radius 3 is 2.72 bits per heavy atom. The van der Waals surface area contributed by atoms with Gasteiger partial charge in [-0.1, -0.05) is 6.07 Å². The lowest BCUT2D eigenvalue weighted by Gasteiger charge is -2.20. The minimum absolute atomic E-state index is 0.177. The first kappa shape index (κ1) is 12.7. The van der Waals surface area contributed by atoms with Gasteiger partial charge < -0.3 is 9.84 Å². The Kier molecular flexibility index (Phi) is 3.20. The van der Waals surface area contributed by atoms with E-state index in [0.29, 0.717) is 5.69 Å². The van der Waals surface area contributed by atoms with E-state index in [1.807, 2.05) is 6.07 Å². The molecule has 4 heteroatoms. The molecule has 1 aromatic carbocycles. The summed E-state index contributed by atoms with van der Waals surface area (Å²) in [5.41, 5.74) is 1.99. The first-order chi connectivity index (χ1) is 8.37. The van der Waals surface area contributed by atoms with Crippen LogP contribution in [0.2, 0.25) is 0 Å². The van der Waals surface area contributed by atoms with Crippen molar-refractivity contribution >= 4 is 11.8 Å². The van der Waals surface area contributed by atoms with Gasteiger partial charge in [-0.15, -0.1) is 0 Å². The quantitative estimate of drug-likeness (QED) is 0.751. The van der Waals surface area contributed by atoms with Crippen molar-refractivity contribution in [1.82, 2.24) is 0 Å². The molecule has 0 saturated carbocycles.